The minimum absolute atomic E-state index is 0.149. The maximum absolute atomic E-state index is 13.6. The first-order valence-corrected chi connectivity index (χ1v) is 9.23. The predicted octanol–water partition coefficient (Wildman–Crippen LogP) is 6.88. The Kier molecular flexibility index (Phi) is 5.95. The molecular weight excluding hydrogens is 331 g/mol. The van der Waals surface area contributed by atoms with Crippen molar-refractivity contribution in [3.63, 3.8) is 0 Å². The maximum Gasteiger partial charge on any atom is 0.142 e. The third-order valence-electron chi connectivity index (χ3n) is 4.79. The Labute approximate surface area is 154 Å². The number of allylic oxidation sites excluding steroid dienone is 2. The summed E-state index contributed by atoms with van der Waals surface area (Å²) in [5, 5.41) is 0.149. The van der Waals surface area contributed by atoms with E-state index in [4.69, 9.17) is 11.6 Å². The highest BCUT2D eigenvalue weighted by atomic mass is 35.5. The molecule has 0 spiro atoms. The van der Waals surface area contributed by atoms with E-state index in [0.29, 0.717) is 5.92 Å². The molecule has 1 aliphatic carbocycles. The van der Waals surface area contributed by atoms with Crippen molar-refractivity contribution < 1.29 is 4.39 Å². The second-order valence-electron chi connectivity index (χ2n) is 6.61. The van der Waals surface area contributed by atoms with Gasteiger partial charge in [0.1, 0.15) is 5.82 Å². The monoisotopic (exact) mass is 352 g/mol. The summed E-state index contributed by atoms with van der Waals surface area (Å²) in [5.74, 6) is 7.57. The molecule has 0 aliphatic heterocycles. The van der Waals surface area contributed by atoms with Gasteiger partial charge in [-0.3, -0.25) is 0 Å². The fourth-order valence-electron chi connectivity index (χ4n) is 3.34. The van der Waals surface area contributed by atoms with E-state index in [1.165, 1.54) is 31.7 Å². The molecule has 0 bridgehead atoms. The van der Waals surface area contributed by atoms with Gasteiger partial charge >= 0.3 is 0 Å². The molecule has 0 aromatic heterocycles. The van der Waals surface area contributed by atoms with E-state index in [-0.39, 0.29) is 5.02 Å². The van der Waals surface area contributed by atoms with E-state index in [1.807, 2.05) is 30.3 Å². The summed E-state index contributed by atoms with van der Waals surface area (Å²) in [5.41, 5.74) is 2.80. The third kappa shape index (κ3) is 4.74. The quantitative estimate of drug-likeness (QED) is 0.408. The Morgan fingerprint density at radius 3 is 2.32 bits per heavy atom. The van der Waals surface area contributed by atoms with Crippen molar-refractivity contribution in [2.75, 3.05) is 0 Å². The third-order valence-corrected chi connectivity index (χ3v) is 5.10. The highest BCUT2D eigenvalue weighted by Gasteiger charge is 2.17. The average molecular weight is 353 g/mol. The molecule has 0 amide bonds. The van der Waals surface area contributed by atoms with Gasteiger partial charge in [0, 0.05) is 11.5 Å². The van der Waals surface area contributed by atoms with Crippen LogP contribution in [0.3, 0.4) is 0 Å². The number of hydrogen-bond donors (Lipinski definition) is 0. The van der Waals surface area contributed by atoms with E-state index in [1.54, 1.807) is 6.07 Å². The summed E-state index contributed by atoms with van der Waals surface area (Å²) in [7, 11) is 0. The van der Waals surface area contributed by atoms with Crippen molar-refractivity contribution in [3.05, 3.63) is 71.0 Å². The number of rotatable bonds is 2. The fourth-order valence-corrected chi connectivity index (χ4v) is 3.45. The molecule has 128 valence electrons. The Morgan fingerprint density at radius 2 is 1.68 bits per heavy atom. The lowest BCUT2D eigenvalue weighted by molar-refractivity contribution is 0.364. The zero-order valence-corrected chi connectivity index (χ0v) is 15.2. The van der Waals surface area contributed by atoms with Crippen LogP contribution in [0.25, 0.3) is 11.1 Å². The molecule has 0 nitrogen and oxygen atoms in total. The highest BCUT2D eigenvalue weighted by molar-refractivity contribution is 6.30. The second kappa shape index (κ2) is 8.37. The molecule has 0 radical (unpaired) electrons. The van der Waals surface area contributed by atoms with Gasteiger partial charge in [0.05, 0.1) is 5.02 Å². The molecule has 2 heteroatoms. The van der Waals surface area contributed by atoms with Crippen LogP contribution in [0.4, 0.5) is 4.39 Å². The molecule has 0 heterocycles. The molecule has 0 saturated heterocycles. The van der Waals surface area contributed by atoms with Gasteiger partial charge < -0.3 is 0 Å². The lowest BCUT2D eigenvalue weighted by Crippen LogP contribution is -2.11. The fraction of sp³-hybridized carbons (Fsp3) is 0.304. The van der Waals surface area contributed by atoms with Gasteiger partial charge in [0.15, 0.2) is 0 Å². The Morgan fingerprint density at radius 1 is 1.00 bits per heavy atom. The van der Waals surface area contributed by atoms with Crippen LogP contribution in [0.2, 0.25) is 5.02 Å². The molecule has 1 aliphatic rings. The second-order valence-corrected chi connectivity index (χ2v) is 7.02. The predicted molar refractivity (Wildman–Crippen MR) is 104 cm³/mol. The first-order chi connectivity index (χ1) is 12.2. The molecule has 25 heavy (non-hydrogen) atoms. The lowest BCUT2D eigenvalue weighted by Gasteiger charge is -2.22. The van der Waals surface area contributed by atoms with Crippen LogP contribution in [0.5, 0.6) is 0 Å². The SMILES string of the molecule is CC=C[C@H]1CC[C@H](C#Cc2ccc(-c3ccc(Cl)c(F)c3)cc2)CC1. The van der Waals surface area contributed by atoms with E-state index in [2.05, 4.69) is 30.9 Å². The highest BCUT2D eigenvalue weighted by Crippen LogP contribution is 2.29. The van der Waals surface area contributed by atoms with Gasteiger partial charge in [-0.15, -0.1) is 0 Å². The minimum atomic E-state index is -0.392. The smallest absolute Gasteiger partial charge is 0.142 e. The number of benzene rings is 2. The maximum atomic E-state index is 13.6. The summed E-state index contributed by atoms with van der Waals surface area (Å²) in [4.78, 5) is 0. The topological polar surface area (TPSA) is 0 Å². The van der Waals surface area contributed by atoms with Crippen LogP contribution in [0.15, 0.2) is 54.6 Å². The van der Waals surface area contributed by atoms with Gasteiger partial charge in [-0.2, -0.15) is 0 Å². The zero-order valence-electron chi connectivity index (χ0n) is 14.4. The van der Waals surface area contributed by atoms with Crippen LogP contribution in [-0.4, -0.2) is 0 Å². The minimum Gasteiger partial charge on any atom is -0.205 e. The summed E-state index contributed by atoms with van der Waals surface area (Å²) in [6.45, 7) is 2.09. The van der Waals surface area contributed by atoms with Gasteiger partial charge in [-0.1, -0.05) is 53.8 Å². The molecule has 0 unspecified atom stereocenters. The van der Waals surface area contributed by atoms with Crippen LogP contribution < -0.4 is 0 Å². The molecular formula is C23H22ClF. The van der Waals surface area contributed by atoms with Gasteiger partial charge in [-0.25, -0.2) is 4.39 Å². The summed E-state index contributed by atoms with van der Waals surface area (Å²) < 4.78 is 13.6. The van der Waals surface area contributed by atoms with Gasteiger partial charge in [-0.05, 0) is 73.9 Å². The van der Waals surface area contributed by atoms with Crippen LogP contribution in [0.1, 0.15) is 38.2 Å². The molecule has 1 fully saturated rings. The van der Waals surface area contributed by atoms with Crippen molar-refractivity contribution >= 4 is 11.6 Å². The standard InChI is InChI=1S/C23H22ClF/c1-2-3-17-4-6-18(7-5-17)8-9-19-10-12-20(13-11-19)21-14-15-22(24)23(25)16-21/h2-3,10-18H,4-7H2,1H3/t17-,18-. The lowest BCUT2D eigenvalue weighted by atomic mass is 9.82. The molecule has 1 saturated carbocycles. The first-order valence-electron chi connectivity index (χ1n) is 8.85. The van der Waals surface area contributed by atoms with E-state index in [9.17, 15) is 4.39 Å². The molecule has 2 aromatic carbocycles. The molecule has 3 rings (SSSR count). The number of halogens is 2. The van der Waals surface area contributed by atoms with Gasteiger partial charge in [0.25, 0.3) is 0 Å². The van der Waals surface area contributed by atoms with E-state index >= 15 is 0 Å². The summed E-state index contributed by atoms with van der Waals surface area (Å²) >= 11 is 5.74. The molecule has 2 aromatic rings. The van der Waals surface area contributed by atoms with Crippen molar-refractivity contribution in [1.82, 2.24) is 0 Å². The van der Waals surface area contributed by atoms with Crippen molar-refractivity contribution in [2.45, 2.75) is 32.6 Å². The summed E-state index contributed by atoms with van der Waals surface area (Å²) in [6, 6.07) is 12.8. The Bertz CT molecular complexity index is 800. The normalized spacial score (nSPS) is 20.3. The molecule has 0 atom stereocenters. The van der Waals surface area contributed by atoms with Gasteiger partial charge in [0.2, 0.25) is 0 Å². The Balaban J connectivity index is 1.65. The van der Waals surface area contributed by atoms with E-state index < -0.39 is 5.82 Å². The zero-order chi connectivity index (χ0) is 17.6. The average Bonchev–Trinajstić information content (AvgIpc) is 2.64. The summed E-state index contributed by atoms with van der Waals surface area (Å²) in [6.07, 6.45) is 9.33. The van der Waals surface area contributed by atoms with Crippen molar-refractivity contribution in [1.29, 1.82) is 0 Å². The molecule has 0 N–H and O–H groups in total. The van der Waals surface area contributed by atoms with Crippen LogP contribution in [-0.2, 0) is 0 Å². The van der Waals surface area contributed by atoms with Crippen LogP contribution >= 0.6 is 11.6 Å². The van der Waals surface area contributed by atoms with E-state index in [0.717, 1.165) is 22.6 Å². The first kappa shape index (κ1) is 17.8. The van der Waals surface area contributed by atoms with Crippen molar-refractivity contribution in [3.8, 4) is 23.0 Å². The largest absolute Gasteiger partial charge is 0.205 e. The van der Waals surface area contributed by atoms with Crippen molar-refractivity contribution in [2.24, 2.45) is 11.8 Å². The Hall–Kier alpha value is -2.04. The number of hydrogen-bond acceptors (Lipinski definition) is 0. The van der Waals surface area contributed by atoms with Crippen LogP contribution in [0, 0.1) is 29.5 Å².